The summed E-state index contributed by atoms with van der Waals surface area (Å²) in [5.41, 5.74) is 10.6. The summed E-state index contributed by atoms with van der Waals surface area (Å²) in [6, 6.07) is 38.0. The van der Waals surface area contributed by atoms with Gasteiger partial charge in [-0.05, 0) is 58.8 Å². The van der Waals surface area contributed by atoms with Crippen LogP contribution in [0.3, 0.4) is 0 Å². The van der Waals surface area contributed by atoms with Crippen molar-refractivity contribution in [3.05, 3.63) is 122 Å². The Kier molecular flexibility index (Phi) is 4.19. The second-order valence-electron chi connectivity index (χ2n) is 9.31. The number of hydrogen-bond donors (Lipinski definition) is 0. The average molecular weight is 473 g/mol. The van der Waals surface area contributed by atoms with Crippen molar-refractivity contribution < 1.29 is 0 Å². The minimum atomic E-state index is 0.819. The van der Waals surface area contributed by atoms with E-state index in [0.29, 0.717) is 0 Å². The van der Waals surface area contributed by atoms with E-state index in [9.17, 15) is 0 Å². The van der Waals surface area contributed by atoms with Gasteiger partial charge in [0.1, 0.15) is 0 Å². The molecule has 172 valence electrons. The fraction of sp³-hybridized carbons (Fsp3) is 0. The van der Waals surface area contributed by atoms with Gasteiger partial charge in [-0.3, -0.25) is 9.97 Å². The average Bonchev–Trinajstić information content (AvgIpc) is 3.49. The normalized spacial score (nSPS) is 11.8. The molecule has 0 aliphatic heterocycles. The van der Waals surface area contributed by atoms with Crippen molar-refractivity contribution in [2.45, 2.75) is 0 Å². The Morgan fingerprint density at radius 3 is 1.86 bits per heavy atom. The summed E-state index contributed by atoms with van der Waals surface area (Å²) in [6.07, 6.45) is 3.62. The van der Waals surface area contributed by atoms with Crippen molar-refractivity contribution in [3.8, 4) is 50.8 Å². The van der Waals surface area contributed by atoms with E-state index in [1.54, 1.807) is 0 Å². The number of hydrogen-bond acceptors (Lipinski definition) is 3. The maximum absolute atomic E-state index is 5.00. The Morgan fingerprint density at radius 2 is 1.19 bits per heavy atom. The summed E-state index contributed by atoms with van der Waals surface area (Å²) < 4.78 is 2.39. The second-order valence-corrected chi connectivity index (χ2v) is 9.31. The number of benzene rings is 3. The molecule has 0 unspecified atom stereocenters. The number of para-hydroxylation sites is 1. The Bertz CT molecular complexity index is 1910. The zero-order chi connectivity index (χ0) is 24.3. The van der Waals surface area contributed by atoms with Crippen LogP contribution in [-0.2, 0) is 0 Å². The fourth-order valence-corrected chi connectivity index (χ4v) is 5.72. The van der Waals surface area contributed by atoms with Gasteiger partial charge in [0, 0.05) is 28.9 Å². The van der Waals surface area contributed by atoms with E-state index in [2.05, 4.69) is 87.3 Å². The Balaban J connectivity index is 1.49. The Morgan fingerprint density at radius 1 is 0.541 bits per heavy atom. The highest BCUT2D eigenvalue weighted by Crippen LogP contribution is 2.52. The maximum atomic E-state index is 5.00. The van der Waals surface area contributed by atoms with Gasteiger partial charge in [0.25, 0.3) is 0 Å². The summed E-state index contributed by atoms with van der Waals surface area (Å²) in [5.74, 6) is 0. The summed E-state index contributed by atoms with van der Waals surface area (Å²) in [5, 5.41) is 3.83. The van der Waals surface area contributed by atoms with Crippen LogP contribution in [0.5, 0.6) is 0 Å². The zero-order valence-electron chi connectivity index (χ0n) is 19.8. The van der Waals surface area contributed by atoms with Crippen molar-refractivity contribution in [1.29, 1.82) is 0 Å². The third-order valence-corrected chi connectivity index (χ3v) is 7.23. The second kappa shape index (κ2) is 7.70. The molecule has 0 saturated heterocycles. The molecule has 0 fully saturated rings. The minimum Gasteiger partial charge on any atom is -0.308 e. The van der Waals surface area contributed by atoms with E-state index in [1.807, 2.05) is 48.8 Å². The summed E-state index contributed by atoms with van der Waals surface area (Å²) in [7, 11) is 0. The van der Waals surface area contributed by atoms with Gasteiger partial charge >= 0.3 is 0 Å². The van der Waals surface area contributed by atoms with Gasteiger partial charge in [-0.2, -0.15) is 0 Å². The van der Waals surface area contributed by atoms with Crippen molar-refractivity contribution in [2.24, 2.45) is 0 Å². The fourth-order valence-electron chi connectivity index (χ4n) is 5.72. The zero-order valence-corrected chi connectivity index (χ0v) is 19.8. The van der Waals surface area contributed by atoms with Crippen LogP contribution >= 0.6 is 0 Å². The van der Waals surface area contributed by atoms with E-state index in [1.165, 1.54) is 44.1 Å². The first-order valence-corrected chi connectivity index (χ1v) is 12.4. The predicted molar refractivity (Wildman–Crippen MR) is 149 cm³/mol. The first kappa shape index (κ1) is 20.1. The maximum Gasteiger partial charge on any atom is 0.0915 e. The van der Waals surface area contributed by atoms with Gasteiger partial charge in [-0.15, -0.1) is 0 Å². The van der Waals surface area contributed by atoms with E-state index in [4.69, 9.17) is 4.98 Å². The van der Waals surface area contributed by atoms with Gasteiger partial charge in [-0.25, -0.2) is 4.98 Å². The molecule has 8 rings (SSSR count). The van der Waals surface area contributed by atoms with Gasteiger partial charge in [0.05, 0.1) is 39.7 Å². The smallest absolute Gasteiger partial charge is 0.0915 e. The topological polar surface area (TPSA) is 43.6 Å². The lowest BCUT2D eigenvalue weighted by Gasteiger charge is -2.14. The standard InChI is InChI=1S/C33H20N4/c1-2-16-30-23(11-1)32-24-12-7-9-21-10-8-13-25(31(21)24)33(32)37(30)22-19-28(26-14-3-5-17-34-26)36-29(20-22)27-15-4-6-18-35-27/h1-20H. The number of rotatable bonds is 3. The third-order valence-electron chi connectivity index (χ3n) is 7.23. The largest absolute Gasteiger partial charge is 0.308 e. The van der Waals surface area contributed by atoms with Crippen molar-refractivity contribution in [3.63, 3.8) is 0 Å². The van der Waals surface area contributed by atoms with Gasteiger partial charge < -0.3 is 4.57 Å². The van der Waals surface area contributed by atoms with Crippen LogP contribution in [0.25, 0.3) is 72.5 Å². The highest BCUT2D eigenvalue weighted by atomic mass is 15.0. The van der Waals surface area contributed by atoms with E-state index >= 15 is 0 Å². The van der Waals surface area contributed by atoms with Crippen molar-refractivity contribution >= 4 is 21.7 Å². The SMILES string of the molecule is c1ccc(-c2cc(-n3c4c(c5ccccc53)-c3cccc5cccc-4c35)cc(-c3ccccn3)n2)nc1. The van der Waals surface area contributed by atoms with E-state index in [0.717, 1.165) is 28.5 Å². The van der Waals surface area contributed by atoms with Crippen LogP contribution in [0.4, 0.5) is 0 Å². The lowest BCUT2D eigenvalue weighted by atomic mass is 10.0. The van der Waals surface area contributed by atoms with Crippen LogP contribution in [0, 0.1) is 0 Å². The van der Waals surface area contributed by atoms with Crippen molar-refractivity contribution in [2.75, 3.05) is 0 Å². The molecule has 0 N–H and O–H groups in total. The van der Waals surface area contributed by atoms with Gasteiger partial charge in [-0.1, -0.05) is 66.7 Å². The van der Waals surface area contributed by atoms with Gasteiger partial charge in [0.15, 0.2) is 0 Å². The highest BCUT2D eigenvalue weighted by Gasteiger charge is 2.29. The number of nitrogens with zero attached hydrogens (tertiary/aromatic N) is 4. The van der Waals surface area contributed by atoms with Crippen LogP contribution in [0.2, 0.25) is 0 Å². The monoisotopic (exact) mass is 472 g/mol. The molecular formula is C33H20N4. The number of aromatic nitrogens is 4. The molecule has 4 nitrogen and oxygen atoms in total. The Labute approximate surface area is 213 Å². The molecule has 4 heterocycles. The summed E-state index contributed by atoms with van der Waals surface area (Å²) in [4.78, 5) is 14.2. The quantitative estimate of drug-likeness (QED) is 0.262. The molecule has 4 aromatic heterocycles. The van der Waals surface area contributed by atoms with E-state index in [-0.39, 0.29) is 0 Å². The molecular weight excluding hydrogens is 452 g/mol. The first-order valence-electron chi connectivity index (χ1n) is 12.4. The first-order chi connectivity index (χ1) is 18.4. The molecule has 0 spiro atoms. The molecule has 0 radical (unpaired) electrons. The molecule has 4 heteroatoms. The molecule has 0 saturated carbocycles. The lowest BCUT2D eigenvalue weighted by molar-refractivity contribution is 1.11. The summed E-state index contributed by atoms with van der Waals surface area (Å²) >= 11 is 0. The lowest BCUT2D eigenvalue weighted by Crippen LogP contribution is -2.01. The Hall–Kier alpha value is -5.09. The van der Waals surface area contributed by atoms with Gasteiger partial charge in [0.2, 0.25) is 0 Å². The molecule has 3 aromatic carbocycles. The highest BCUT2D eigenvalue weighted by molar-refractivity contribution is 6.21. The molecule has 1 aliphatic rings. The van der Waals surface area contributed by atoms with Crippen LogP contribution in [-0.4, -0.2) is 19.5 Å². The summed E-state index contributed by atoms with van der Waals surface area (Å²) in [6.45, 7) is 0. The van der Waals surface area contributed by atoms with Crippen LogP contribution in [0.15, 0.2) is 122 Å². The third kappa shape index (κ3) is 2.93. The molecule has 0 amide bonds. The number of fused-ring (bicyclic) bond motifs is 5. The molecule has 1 aliphatic carbocycles. The molecule has 0 atom stereocenters. The predicted octanol–water partition coefficient (Wildman–Crippen LogP) is 7.95. The van der Waals surface area contributed by atoms with E-state index < -0.39 is 0 Å². The van der Waals surface area contributed by atoms with Crippen LogP contribution < -0.4 is 0 Å². The molecule has 7 aromatic rings. The molecule has 37 heavy (non-hydrogen) atoms. The van der Waals surface area contributed by atoms with Crippen LogP contribution in [0.1, 0.15) is 0 Å². The number of pyridine rings is 3. The van der Waals surface area contributed by atoms with Crippen molar-refractivity contribution in [1.82, 2.24) is 19.5 Å². The minimum absolute atomic E-state index is 0.819. The molecule has 0 bridgehead atoms.